The molecule has 108 valence electrons. The first-order valence-corrected chi connectivity index (χ1v) is 7.58. The van der Waals surface area contributed by atoms with E-state index in [-0.39, 0.29) is 0 Å². The summed E-state index contributed by atoms with van der Waals surface area (Å²) in [6.45, 7) is 2.70. The molecule has 0 amide bonds. The zero-order chi connectivity index (χ0) is 14.8. The Morgan fingerprint density at radius 3 is 2.71 bits per heavy atom. The van der Waals surface area contributed by atoms with Crippen molar-refractivity contribution in [3.8, 4) is 0 Å². The zero-order valence-electron chi connectivity index (χ0n) is 11.4. The van der Waals surface area contributed by atoms with Crippen LogP contribution in [0.2, 0.25) is 5.02 Å². The third-order valence-electron chi connectivity index (χ3n) is 3.02. The molecule has 3 aromatic rings. The summed E-state index contributed by atoms with van der Waals surface area (Å²) in [5.74, 6) is 6.60. The van der Waals surface area contributed by atoms with Gasteiger partial charge in [0.25, 0.3) is 0 Å². The number of benzene rings is 1. The van der Waals surface area contributed by atoms with Crippen LogP contribution in [0.5, 0.6) is 0 Å². The van der Waals surface area contributed by atoms with E-state index in [0.717, 1.165) is 26.6 Å². The largest absolute Gasteiger partial charge is 0.365 e. The zero-order valence-corrected chi connectivity index (χ0v) is 12.9. The highest BCUT2D eigenvalue weighted by molar-refractivity contribution is 7.18. The van der Waals surface area contributed by atoms with Gasteiger partial charge in [0.1, 0.15) is 10.6 Å². The minimum atomic E-state index is 0.406. The quantitative estimate of drug-likeness (QED) is 0.506. The Balaban J connectivity index is 1.90. The molecule has 0 aliphatic heterocycles. The molecule has 7 heteroatoms. The summed E-state index contributed by atoms with van der Waals surface area (Å²) in [6.07, 6.45) is 0. The Hall–Kier alpha value is -1.89. The Kier molecular flexibility index (Phi) is 3.92. The van der Waals surface area contributed by atoms with Crippen molar-refractivity contribution in [1.29, 1.82) is 0 Å². The summed E-state index contributed by atoms with van der Waals surface area (Å²) in [7, 11) is 0. The number of aryl methyl sites for hydroxylation is 1. The van der Waals surface area contributed by atoms with E-state index in [1.165, 1.54) is 4.88 Å². The summed E-state index contributed by atoms with van der Waals surface area (Å²) in [4.78, 5) is 10.8. The molecule has 0 saturated carbocycles. The maximum absolute atomic E-state index is 5.89. The minimum absolute atomic E-state index is 0.406. The Labute approximate surface area is 131 Å². The average Bonchev–Trinajstić information content (AvgIpc) is 2.86. The van der Waals surface area contributed by atoms with Crippen molar-refractivity contribution in [1.82, 2.24) is 9.97 Å². The molecular formula is C14H14ClN5S. The lowest BCUT2D eigenvalue weighted by Gasteiger charge is -2.08. The highest BCUT2D eigenvalue weighted by atomic mass is 35.5. The highest BCUT2D eigenvalue weighted by Crippen LogP contribution is 2.29. The third kappa shape index (κ3) is 3.07. The van der Waals surface area contributed by atoms with Crippen molar-refractivity contribution < 1.29 is 0 Å². The molecule has 0 spiro atoms. The number of halogens is 1. The molecule has 0 bridgehead atoms. The van der Waals surface area contributed by atoms with Crippen molar-refractivity contribution in [2.24, 2.45) is 5.84 Å². The van der Waals surface area contributed by atoms with Gasteiger partial charge in [-0.25, -0.2) is 10.8 Å². The van der Waals surface area contributed by atoms with Gasteiger partial charge in [-0.05, 0) is 30.7 Å². The van der Waals surface area contributed by atoms with Crippen LogP contribution in [0.25, 0.3) is 10.2 Å². The van der Waals surface area contributed by atoms with Crippen LogP contribution in [0, 0.1) is 6.92 Å². The molecule has 2 aromatic heterocycles. The first kappa shape index (κ1) is 14.1. The standard InChI is InChI=1S/C14H14ClN5S/c1-8-6-11-12(18-14(20-16)19-13(11)21-8)17-7-9-2-4-10(15)5-3-9/h2-6H,7,16H2,1H3,(H2,17,18,19,20). The van der Waals surface area contributed by atoms with Crippen molar-refractivity contribution in [2.75, 3.05) is 10.7 Å². The van der Waals surface area contributed by atoms with Gasteiger partial charge in [-0.15, -0.1) is 11.3 Å². The number of hydrogen-bond acceptors (Lipinski definition) is 6. The summed E-state index contributed by atoms with van der Waals surface area (Å²) in [5, 5.41) is 5.06. The molecular weight excluding hydrogens is 306 g/mol. The molecule has 21 heavy (non-hydrogen) atoms. The molecule has 0 atom stereocenters. The number of nitrogen functional groups attached to an aromatic ring is 1. The Morgan fingerprint density at radius 1 is 1.24 bits per heavy atom. The lowest BCUT2D eigenvalue weighted by atomic mass is 10.2. The van der Waals surface area contributed by atoms with E-state index in [1.807, 2.05) is 31.2 Å². The predicted octanol–water partition coefficient (Wildman–Crippen LogP) is 3.55. The molecule has 0 aliphatic rings. The molecule has 0 unspecified atom stereocenters. The minimum Gasteiger partial charge on any atom is -0.365 e. The second-order valence-corrected chi connectivity index (χ2v) is 6.27. The number of thiophene rings is 1. The van der Waals surface area contributed by atoms with Gasteiger partial charge < -0.3 is 5.32 Å². The Morgan fingerprint density at radius 2 is 2.00 bits per heavy atom. The normalized spacial score (nSPS) is 10.8. The molecule has 1 aromatic carbocycles. The SMILES string of the molecule is Cc1cc2c(NCc3ccc(Cl)cc3)nc(NN)nc2s1. The van der Waals surface area contributed by atoms with Crippen LogP contribution in [0.1, 0.15) is 10.4 Å². The van der Waals surface area contributed by atoms with E-state index in [0.29, 0.717) is 12.5 Å². The van der Waals surface area contributed by atoms with E-state index >= 15 is 0 Å². The highest BCUT2D eigenvalue weighted by Gasteiger charge is 2.10. The van der Waals surface area contributed by atoms with Gasteiger partial charge in [-0.2, -0.15) is 4.98 Å². The fourth-order valence-corrected chi connectivity index (χ4v) is 3.03. The topological polar surface area (TPSA) is 75.9 Å². The van der Waals surface area contributed by atoms with E-state index in [1.54, 1.807) is 11.3 Å². The van der Waals surface area contributed by atoms with Crippen molar-refractivity contribution in [2.45, 2.75) is 13.5 Å². The lowest BCUT2D eigenvalue weighted by Crippen LogP contribution is -2.12. The van der Waals surface area contributed by atoms with Gasteiger partial charge in [0.2, 0.25) is 5.95 Å². The van der Waals surface area contributed by atoms with Crippen LogP contribution in [0.3, 0.4) is 0 Å². The van der Waals surface area contributed by atoms with E-state index in [9.17, 15) is 0 Å². The average molecular weight is 320 g/mol. The number of nitrogens with one attached hydrogen (secondary N) is 2. The Bertz CT molecular complexity index is 769. The summed E-state index contributed by atoms with van der Waals surface area (Å²) in [5.41, 5.74) is 3.63. The fraction of sp³-hybridized carbons (Fsp3) is 0.143. The van der Waals surface area contributed by atoms with Crippen LogP contribution in [0.4, 0.5) is 11.8 Å². The number of hydrazine groups is 1. The molecule has 4 N–H and O–H groups in total. The van der Waals surface area contributed by atoms with E-state index in [2.05, 4.69) is 26.8 Å². The summed E-state index contributed by atoms with van der Waals surface area (Å²) >= 11 is 7.50. The molecule has 0 aliphatic carbocycles. The van der Waals surface area contributed by atoms with Crippen LogP contribution in [0.15, 0.2) is 30.3 Å². The van der Waals surface area contributed by atoms with Gasteiger partial charge in [0.15, 0.2) is 0 Å². The number of rotatable bonds is 4. The monoisotopic (exact) mass is 319 g/mol. The van der Waals surface area contributed by atoms with Crippen LogP contribution < -0.4 is 16.6 Å². The third-order valence-corrected chi connectivity index (χ3v) is 4.21. The van der Waals surface area contributed by atoms with Gasteiger partial charge in [0, 0.05) is 16.4 Å². The predicted molar refractivity (Wildman–Crippen MR) is 88.7 cm³/mol. The second-order valence-electron chi connectivity index (χ2n) is 4.60. The number of nitrogens with two attached hydrogens (primary N) is 1. The van der Waals surface area contributed by atoms with Crippen molar-refractivity contribution >= 4 is 44.9 Å². The smallest absolute Gasteiger partial charge is 0.240 e. The van der Waals surface area contributed by atoms with Crippen LogP contribution in [-0.2, 0) is 6.54 Å². The molecule has 0 saturated heterocycles. The van der Waals surface area contributed by atoms with Crippen LogP contribution >= 0.6 is 22.9 Å². The maximum atomic E-state index is 5.89. The first-order chi connectivity index (χ1) is 10.2. The number of nitrogens with zero attached hydrogens (tertiary/aromatic N) is 2. The molecule has 3 rings (SSSR count). The van der Waals surface area contributed by atoms with Crippen molar-refractivity contribution in [3.63, 3.8) is 0 Å². The maximum Gasteiger partial charge on any atom is 0.240 e. The lowest BCUT2D eigenvalue weighted by molar-refractivity contribution is 1.09. The summed E-state index contributed by atoms with van der Waals surface area (Å²) in [6, 6.07) is 9.78. The molecule has 2 heterocycles. The fourth-order valence-electron chi connectivity index (χ4n) is 2.03. The number of hydrogen-bond donors (Lipinski definition) is 3. The van der Waals surface area contributed by atoms with E-state index < -0.39 is 0 Å². The molecule has 5 nitrogen and oxygen atoms in total. The number of aromatic nitrogens is 2. The van der Waals surface area contributed by atoms with Gasteiger partial charge >= 0.3 is 0 Å². The second kappa shape index (κ2) is 5.85. The van der Waals surface area contributed by atoms with Crippen LogP contribution in [-0.4, -0.2) is 9.97 Å². The number of fused-ring (bicyclic) bond motifs is 1. The van der Waals surface area contributed by atoms with Gasteiger partial charge in [0.05, 0.1) is 5.39 Å². The van der Waals surface area contributed by atoms with Gasteiger partial charge in [-0.1, -0.05) is 23.7 Å². The van der Waals surface area contributed by atoms with Gasteiger partial charge in [-0.3, -0.25) is 5.43 Å². The summed E-state index contributed by atoms with van der Waals surface area (Å²) < 4.78 is 0. The van der Waals surface area contributed by atoms with Crippen molar-refractivity contribution in [3.05, 3.63) is 45.8 Å². The molecule has 0 fully saturated rings. The number of anilines is 2. The first-order valence-electron chi connectivity index (χ1n) is 6.39. The molecule has 0 radical (unpaired) electrons. The van der Waals surface area contributed by atoms with E-state index in [4.69, 9.17) is 17.4 Å².